The van der Waals surface area contributed by atoms with Crippen molar-refractivity contribution in [3.63, 3.8) is 0 Å². The fourth-order valence-electron chi connectivity index (χ4n) is 3.77. The number of hydrogen-bond acceptors (Lipinski definition) is 6. The monoisotopic (exact) mass is 466 g/mol. The van der Waals surface area contributed by atoms with Crippen LogP contribution >= 0.6 is 11.6 Å². The molecule has 0 aliphatic carbocycles. The van der Waals surface area contributed by atoms with Gasteiger partial charge < -0.3 is 15.0 Å². The number of morpholine rings is 1. The Hall–Kier alpha value is -3.49. The number of nitro benzene ring substituents is 1. The second-order valence-electron chi connectivity index (χ2n) is 7.77. The summed E-state index contributed by atoms with van der Waals surface area (Å²) in [7, 11) is 0. The maximum Gasteiger partial charge on any atom is 0.293 e. The van der Waals surface area contributed by atoms with Gasteiger partial charge in [0.25, 0.3) is 11.6 Å². The summed E-state index contributed by atoms with van der Waals surface area (Å²) >= 11 is 5.96. The lowest BCUT2D eigenvalue weighted by Gasteiger charge is -2.33. The molecule has 0 saturated carbocycles. The molecule has 1 aliphatic rings. The van der Waals surface area contributed by atoms with Crippen LogP contribution in [0.5, 0.6) is 0 Å². The number of anilines is 1. The summed E-state index contributed by atoms with van der Waals surface area (Å²) < 4.78 is 5.83. The Kier molecular flexibility index (Phi) is 6.86. The van der Waals surface area contributed by atoms with Crippen LogP contribution in [0.1, 0.15) is 40.7 Å². The van der Waals surface area contributed by atoms with Gasteiger partial charge in [-0.25, -0.2) is 0 Å². The smallest absolute Gasteiger partial charge is 0.293 e. The number of carbonyl (C=O) groups excluding carboxylic acids is 1. The first-order valence-corrected chi connectivity index (χ1v) is 10.9. The lowest BCUT2D eigenvalue weighted by molar-refractivity contribution is -0.384. The van der Waals surface area contributed by atoms with Gasteiger partial charge in [-0.15, -0.1) is 0 Å². The molecule has 2 heterocycles. The highest BCUT2D eigenvalue weighted by atomic mass is 35.5. The van der Waals surface area contributed by atoms with E-state index in [0.29, 0.717) is 30.4 Å². The number of rotatable bonds is 6. The first-order chi connectivity index (χ1) is 15.9. The highest BCUT2D eigenvalue weighted by Crippen LogP contribution is 2.30. The number of carbonyl (C=O) groups is 1. The highest BCUT2D eigenvalue weighted by Gasteiger charge is 2.28. The fourth-order valence-corrected chi connectivity index (χ4v) is 3.90. The predicted octanol–water partition coefficient (Wildman–Crippen LogP) is 5.03. The van der Waals surface area contributed by atoms with Crippen molar-refractivity contribution in [2.75, 3.05) is 25.0 Å². The summed E-state index contributed by atoms with van der Waals surface area (Å²) in [5.74, 6) is -0.273. The lowest BCUT2D eigenvalue weighted by atomic mass is 10.1. The molecule has 9 heteroatoms. The third-order valence-corrected chi connectivity index (χ3v) is 5.79. The molecular weight excluding hydrogens is 444 g/mol. The number of nitrogens with one attached hydrogen (secondary N) is 1. The van der Waals surface area contributed by atoms with Crippen LogP contribution in [0, 0.1) is 10.1 Å². The van der Waals surface area contributed by atoms with Gasteiger partial charge in [0.1, 0.15) is 11.8 Å². The molecule has 0 bridgehead atoms. The second kappa shape index (κ2) is 9.97. The van der Waals surface area contributed by atoms with Crippen LogP contribution in [-0.4, -0.2) is 40.4 Å². The molecule has 3 aromatic rings. The van der Waals surface area contributed by atoms with Gasteiger partial charge in [0, 0.05) is 29.4 Å². The van der Waals surface area contributed by atoms with Crippen molar-refractivity contribution >= 4 is 28.9 Å². The van der Waals surface area contributed by atoms with Gasteiger partial charge in [-0.1, -0.05) is 29.8 Å². The van der Waals surface area contributed by atoms with Gasteiger partial charge in [0.15, 0.2) is 0 Å². The number of amides is 1. The summed E-state index contributed by atoms with van der Waals surface area (Å²) in [6.45, 7) is 3.01. The lowest BCUT2D eigenvalue weighted by Crippen LogP contribution is -2.42. The summed E-state index contributed by atoms with van der Waals surface area (Å²) in [5.41, 5.74) is 2.11. The molecule has 170 valence electrons. The molecule has 0 radical (unpaired) electrons. The molecule has 1 saturated heterocycles. The van der Waals surface area contributed by atoms with E-state index in [4.69, 9.17) is 16.3 Å². The zero-order valence-electron chi connectivity index (χ0n) is 18.0. The Balaban J connectivity index is 1.52. The summed E-state index contributed by atoms with van der Waals surface area (Å²) in [5, 5.41) is 15.5. The molecule has 2 atom stereocenters. The number of nitrogens with zero attached hydrogens (tertiary/aromatic N) is 3. The molecule has 0 spiro atoms. The van der Waals surface area contributed by atoms with E-state index in [9.17, 15) is 14.9 Å². The van der Waals surface area contributed by atoms with Gasteiger partial charge in [-0.3, -0.25) is 19.9 Å². The fraction of sp³-hybridized carbons (Fsp3) is 0.250. The Labute approximate surface area is 196 Å². The van der Waals surface area contributed by atoms with Crippen molar-refractivity contribution in [2.24, 2.45) is 0 Å². The molecule has 1 fully saturated rings. The van der Waals surface area contributed by atoms with Crippen molar-refractivity contribution in [2.45, 2.75) is 19.1 Å². The molecule has 1 N–H and O–H groups in total. The summed E-state index contributed by atoms with van der Waals surface area (Å²) in [6, 6.07) is 17.1. The van der Waals surface area contributed by atoms with Crippen LogP contribution in [0.15, 0.2) is 66.9 Å². The van der Waals surface area contributed by atoms with E-state index in [0.717, 1.165) is 11.3 Å². The number of benzene rings is 2. The zero-order valence-corrected chi connectivity index (χ0v) is 18.7. The third kappa shape index (κ3) is 5.30. The van der Waals surface area contributed by atoms with E-state index in [1.165, 1.54) is 6.07 Å². The third-order valence-electron chi connectivity index (χ3n) is 5.54. The topological polar surface area (TPSA) is 97.6 Å². The summed E-state index contributed by atoms with van der Waals surface area (Å²) in [6.07, 6.45) is 1.39. The van der Waals surface area contributed by atoms with Crippen LogP contribution in [0.4, 0.5) is 11.4 Å². The minimum absolute atomic E-state index is 0.161. The van der Waals surface area contributed by atoms with Crippen LogP contribution in [0.3, 0.4) is 0 Å². The SMILES string of the molecule is CC(Nc1ccc(C(=O)N2CCOC(c3ccc(Cl)cc3)C2)cc1[N+](=O)[O-])c1ccccn1. The standard InChI is InChI=1S/C24H23ClN4O4/c1-16(20-4-2-3-11-26-20)27-21-10-7-18(14-22(21)29(31)32)24(30)28-12-13-33-23(15-28)17-5-8-19(25)9-6-17/h2-11,14,16,23,27H,12-13,15H2,1H3. The average Bonchev–Trinajstić information content (AvgIpc) is 2.84. The first-order valence-electron chi connectivity index (χ1n) is 10.5. The average molecular weight is 467 g/mol. The zero-order chi connectivity index (χ0) is 23.4. The second-order valence-corrected chi connectivity index (χ2v) is 8.21. The Morgan fingerprint density at radius 3 is 2.73 bits per heavy atom. The molecule has 1 amide bonds. The largest absolute Gasteiger partial charge is 0.371 e. The molecule has 33 heavy (non-hydrogen) atoms. The van der Waals surface area contributed by atoms with Crippen LogP contribution < -0.4 is 5.32 Å². The molecule has 2 aromatic carbocycles. The van der Waals surface area contributed by atoms with Gasteiger partial charge >= 0.3 is 0 Å². The molecule has 1 aliphatic heterocycles. The molecule has 1 aromatic heterocycles. The molecule has 4 rings (SSSR count). The maximum atomic E-state index is 13.2. The predicted molar refractivity (Wildman–Crippen MR) is 125 cm³/mol. The molecule has 2 unspecified atom stereocenters. The first kappa shape index (κ1) is 22.7. The van der Waals surface area contributed by atoms with Crippen LogP contribution in [-0.2, 0) is 4.74 Å². The normalized spacial score (nSPS) is 16.8. The highest BCUT2D eigenvalue weighted by molar-refractivity contribution is 6.30. The number of hydrogen-bond donors (Lipinski definition) is 1. The van der Waals surface area contributed by atoms with E-state index in [-0.39, 0.29) is 29.3 Å². The van der Waals surface area contributed by atoms with Gasteiger partial charge in [0.2, 0.25) is 0 Å². The Morgan fingerprint density at radius 2 is 2.03 bits per heavy atom. The van der Waals surface area contributed by atoms with E-state index < -0.39 is 4.92 Å². The quantitative estimate of drug-likeness (QED) is 0.404. The summed E-state index contributed by atoms with van der Waals surface area (Å²) in [4.78, 5) is 30.4. The van der Waals surface area contributed by atoms with Crippen molar-refractivity contribution < 1.29 is 14.5 Å². The van der Waals surface area contributed by atoms with E-state index in [2.05, 4.69) is 10.3 Å². The number of ether oxygens (including phenoxy) is 1. The Morgan fingerprint density at radius 1 is 1.24 bits per heavy atom. The number of pyridine rings is 1. The van der Waals surface area contributed by atoms with Gasteiger partial charge in [-0.2, -0.15) is 0 Å². The van der Waals surface area contributed by atoms with Crippen molar-refractivity contribution in [1.29, 1.82) is 0 Å². The van der Waals surface area contributed by atoms with E-state index in [1.807, 2.05) is 37.3 Å². The maximum absolute atomic E-state index is 13.2. The van der Waals surface area contributed by atoms with Gasteiger partial charge in [-0.05, 0) is 48.9 Å². The molecular formula is C24H23ClN4O4. The molecule has 8 nitrogen and oxygen atoms in total. The van der Waals surface area contributed by atoms with Gasteiger partial charge in [0.05, 0.1) is 29.8 Å². The Bertz CT molecular complexity index is 1140. The van der Waals surface area contributed by atoms with Crippen molar-refractivity contribution in [3.05, 3.63) is 98.8 Å². The minimum Gasteiger partial charge on any atom is -0.371 e. The number of halogens is 1. The number of aromatic nitrogens is 1. The number of nitro groups is 1. The van der Waals surface area contributed by atoms with E-state index >= 15 is 0 Å². The van der Waals surface area contributed by atoms with Crippen molar-refractivity contribution in [3.8, 4) is 0 Å². The minimum atomic E-state index is -0.486. The van der Waals surface area contributed by atoms with Crippen molar-refractivity contribution in [1.82, 2.24) is 9.88 Å². The van der Waals surface area contributed by atoms with E-state index in [1.54, 1.807) is 35.4 Å². The van der Waals surface area contributed by atoms with Crippen LogP contribution in [0.25, 0.3) is 0 Å². The van der Waals surface area contributed by atoms with Crippen LogP contribution in [0.2, 0.25) is 5.02 Å².